The summed E-state index contributed by atoms with van der Waals surface area (Å²) in [4.78, 5) is 0. The van der Waals surface area contributed by atoms with Gasteiger partial charge in [0.1, 0.15) is 5.75 Å². The fourth-order valence-electron chi connectivity index (χ4n) is 3.05. The van der Waals surface area contributed by atoms with E-state index in [0.29, 0.717) is 6.54 Å². The van der Waals surface area contributed by atoms with E-state index in [9.17, 15) is 0 Å². The Morgan fingerprint density at radius 3 is 2.55 bits per heavy atom. The van der Waals surface area contributed by atoms with Gasteiger partial charge in [-0.05, 0) is 65.6 Å². The molecule has 0 amide bonds. The van der Waals surface area contributed by atoms with Gasteiger partial charge in [0.05, 0.1) is 7.11 Å². The van der Waals surface area contributed by atoms with E-state index in [4.69, 9.17) is 10.5 Å². The number of methoxy groups -OCH3 is 1. The Hall–Kier alpha value is -1.80. The quantitative estimate of drug-likeness (QED) is 0.920. The van der Waals surface area contributed by atoms with Crippen molar-refractivity contribution in [2.75, 3.05) is 7.11 Å². The second-order valence-corrected chi connectivity index (χ2v) is 5.42. The summed E-state index contributed by atoms with van der Waals surface area (Å²) < 4.78 is 5.28. The van der Waals surface area contributed by atoms with Crippen LogP contribution in [0.15, 0.2) is 36.4 Å². The number of nitrogens with two attached hydrogens (primary N) is 1. The van der Waals surface area contributed by atoms with Crippen molar-refractivity contribution in [3.63, 3.8) is 0 Å². The minimum absolute atomic E-state index is 0.531. The van der Waals surface area contributed by atoms with Crippen LogP contribution in [0.4, 0.5) is 0 Å². The summed E-state index contributed by atoms with van der Waals surface area (Å²) in [5.74, 6) is 0.868. The third-order valence-electron chi connectivity index (χ3n) is 4.19. The van der Waals surface area contributed by atoms with Crippen molar-refractivity contribution in [2.24, 2.45) is 5.73 Å². The lowest BCUT2D eigenvalue weighted by Crippen LogP contribution is -2.03. The highest BCUT2D eigenvalue weighted by Gasteiger charge is 2.12. The fraction of sp³-hybridized carbons (Fsp3) is 0.333. The van der Waals surface area contributed by atoms with E-state index in [0.717, 1.165) is 11.3 Å². The molecule has 0 radical (unpaired) electrons. The molecule has 0 saturated carbocycles. The van der Waals surface area contributed by atoms with Gasteiger partial charge >= 0.3 is 0 Å². The Labute approximate surface area is 120 Å². The van der Waals surface area contributed by atoms with Gasteiger partial charge in [0.15, 0.2) is 0 Å². The van der Waals surface area contributed by atoms with Gasteiger partial charge in [0.25, 0.3) is 0 Å². The molecule has 2 heteroatoms. The lowest BCUT2D eigenvalue weighted by Gasteiger charge is -2.18. The maximum absolute atomic E-state index is 5.89. The van der Waals surface area contributed by atoms with Crippen LogP contribution >= 0.6 is 0 Å². The van der Waals surface area contributed by atoms with Gasteiger partial charge in [-0.3, -0.25) is 0 Å². The molecule has 2 nitrogen and oxygen atoms in total. The number of fused-ring (bicyclic) bond motifs is 1. The Balaban J connectivity index is 2.04. The van der Waals surface area contributed by atoms with Crippen molar-refractivity contribution >= 4 is 0 Å². The highest BCUT2D eigenvalue weighted by molar-refractivity contribution is 5.69. The van der Waals surface area contributed by atoms with Gasteiger partial charge < -0.3 is 10.5 Å². The number of hydrogen-bond donors (Lipinski definition) is 1. The van der Waals surface area contributed by atoms with E-state index in [1.807, 2.05) is 12.1 Å². The lowest BCUT2D eigenvalue weighted by molar-refractivity contribution is 0.414. The normalized spacial score (nSPS) is 13.9. The Kier molecular flexibility index (Phi) is 3.75. The molecule has 0 spiro atoms. The second-order valence-electron chi connectivity index (χ2n) is 5.42. The van der Waals surface area contributed by atoms with Crippen LogP contribution in [-0.4, -0.2) is 7.11 Å². The molecule has 1 aliphatic carbocycles. The highest BCUT2D eigenvalue weighted by Crippen LogP contribution is 2.31. The van der Waals surface area contributed by atoms with Gasteiger partial charge in [0, 0.05) is 6.54 Å². The van der Waals surface area contributed by atoms with Crippen LogP contribution in [0.1, 0.15) is 29.5 Å². The van der Waals surface area contributed by atoms with Crippen LogP contribution in [-0.2, 0) is 19.4 Å². The molecular formula is C18H21NO. The van der Waals surface area contributed by atoms with Crippen LogP contribution in [0, 0.1) is 0 Å². The molecule has 0 aromatic heterocycles. The molecule has 0 saturated heterocycles. The summed E-state index contributed by atoms with van der Waals surface area (Å²) in [5, 5.41) is 0. The largest absolute Gasteiger partial charge is 0.497 e. The van der Waals surface area contributed by atoms with E-state index >= 15 is 0 Å². The van der Waals surface area contributed by atoms with E-state index < -0.39 is 0 Å². The topological polar surface area (TPSA) is 35.2 Å². The first-order valence-corrected chi connectivity index (χ1v) is 7.31. The molecule has 0 aliphatic heterocycles. The Bertz CT molecular complexity index is 619. The van der Waals surface area contributed by atoms with E-state index in [2.05, 4.69) is 24.3 Å². The average Bonchev–Trinajstić information content (AvgIpc) is 2.53. The van der Waals surface area contributed by atoms with Crippen molar-refractivity contribution in [1.82, 2.24) is 0 Å². The number of hydrogen-bond acceptors (Lipinski definition) is 2. The third-order valence-corrected chi connectivity index (χ3v) is 4.19. The number of ether oxygens (including phenoxy) is 1. The zero-order valence-electron chi connectivity index (χ0n) is 12.0. The number of aryl methyl sites for hydroxylation is 2. The van der Waals surface area contributed by atoms with Crippen molar-refractivity contribution < 1.29 is 4.74 Å². The van der Waals surface area contributed by atoms with Gasteiger partial charge in [-0.2, -0.15) is 0 Å². The molecule has 0 atom stereocenters. The molecule has 2 aromatic carbocycles. The summed E-state index contributed by atoms with van der Waals surface area (Å²) >= 11 is 0. The van der Waals surface area contributed by atoms with Crippen LogP contribution < -0.4 is 10.5 Å². The summed E-state index contributed by atoms with van der Waals surface area (Å²) in [7, 11) is 1.69. The first-order chi connectivity index (χ1) is 9.81. The molecule has 3 rings (SSSR count). The van der Waals surface area contributed by atoms with Gasteiger partial charge in [-0.1, -0.05) is 24.3 Å². The minimum Gasteiger partial charge on any atom is -0.497 e. The Morgan fingerprint density at radius 2 is 1.80 bits per heavy atom. The first-order valence-electron chi connectivity index (χ1n) is 7.31. The maximum atomic E-state index is 5.89. The molecule has 0 fully saturated rings. The summed E-state index contributed by atoms with van der Waals surface area (Å²) in [6.45, 7) is 0.531. The van der Waals surface area contributed by atoms with Crippen molar-refractivity contribution in [2.45, 2.75) is 32.2 Å². The lowest BCUT2D eigenvalue weighted by atomic mass is 9.88. The minimum atomic E-state index is 0.531. The predicted molar refractivity (Wildman–Crippen MR) is 83.0 cm³/mol. The number of benzene rings is 2. The predicted octanol–water partition coefficient (Wildman–Crippen LogP) is 3.70. The first kappa shape index (κ1) is 13.2. The molecular weight excluding hydrogens is 246 g/mol. The van der Waals surface area contributed by atoms with Gasteiger partial charge in [0.2, 0.25) is 0 Å². The smallest absolute Gasteiger partial charge is 0.119 e. The molecule has 104 valence electrons. The zero-order valence-corrected chi connectivity index (χ0v) is 12.0. The van der Waals surface area contributed by atoms with Crippen molar-refractivity contribution in [3.05, 3.63) is 53.1 Å². The molecule has 0 heterocycles. The van der Waals surface area contributed by atoms with E-state index in [1.165, 1.54) is 47.9 Å². The van der Waals surface area contributed by atoms with Gasteiger partial charge in [-0.25, -0.2) is 0 Å². The summed E-state index contributed by atoms with van der Waals surface area (Å²) in [5.41, 5.74) is 12.6. The van der Waals surface area contributed by atoms with Crippen LogP contribution in [0.5, 0.6) is 5.75 Å². The standard InChI is InChI=1S/C18H21NO/c1-20-17-8-9-18(16(11-17)12-19)15-7-6-13-4-2-3-5-14(13)10-15/h6-11H,2-5,12,19H2,1H3. The molecule has 0 bridgehead atoms. The van der Waals surface area contributed by atoms with Crippen LogP contribution in [0.2, 0.25) is 0 Å². The van der Waals surface area contributed by atoms with E-state index in [-0.39, 0.29) is 0 Å². The van der Waals surface area contributed by atoms with Crippen molar-refractivity contribution in [1.29, 1.82) is 0 Å². The maximum Gasteiger partial charge on any atom is 0.119 e. The third kappa shape index (κ3) is 2.44. The monoisotopic (exact) mass is 267 g/mol. The fourth-order valence-corrected chi connectivity index (χ4v) is 3.05. The van der Waals surface area contributed by atoms with Gasteiger partial charge in [-0.15, -0.1) is 0 Å². The molecule has 20 heavy (non-hydrogen) atoms. The zero-order chi connectivity index (χ0) is 13.9. The second kappa shape index (κ2) is 5.68. The molecule has 1 aliphatic rings. The summed E-state index contributed by atoms with van der Waals surface area (Å²) in [6.07, 6.45) is 5.06. The average molecular weight is 267 g/mol. The van der Waals surface area contributed by atoms with Crippen LogP contribution in [0.3, 0.4) is 0 Å². The van der Waals surface area contributed by atoms with E-state index in [1.54, 1.807) is 7.11 Å². The van der Waals surface area contributed by atoms with Crippen LogP contribution in [0.25, 0.3) is 11.1 Å². The SMILES string of the molecule is COc1ccc(-c2ccc3c(c2)CCCC3)c(CN)c1. The molecule has 2 N–H and O–H groups in total. The Morgan fingerprint density at radius 1 is 1.00 bits per heavy atom. The summed E-state index contributed by atoms with van der Waals surface area (Å²) in [6, 6.07) is 13.0. The number of rotatable bonds is 3. The molecule has 2 aromatic rings. The molecule has 0 unspecified atom stereocenters. The van der Waals surface area contributed by atoms with Crippen molar-refractivity contribution in [3.8, 4) is 16.9 Å². The highest BCUT2D eigenvalue weighted by atomic mass is 16.5.